The van der Waals surface area contributed by atoms with E-state index >= 15 is 0 Å². The summed E-state index contributed by atoms with van der Waals surface area (Å²) >= 11 is 0. The molecule has 71 heavy (non-hydrogen) atoms. The molecule has 10 atom stereocenters. The number of carboxylic acids is 3. The van der Waals surface area contributed by atoms with E-state index in [-0.39, 0.29) is 17.7 Å². The third-order valence-corrected chi connectivity index (χ3v) is 10.2. The van der Waals surface area contributed by atoms with Gasteiger partial charge in [0, 0.05) is 6.42 Å². The number of carbonyl (C=O) groups excluding carboxylic acids is 9. The minimum atomic E-state index is -2.07. The number of hydrogen-bond acceptors (Lipinski definition) is 17. The maximum Gasteiger partial charge on any atom is 0.328 e. The van der Waals surface area contributed by atoms with E-state index < -0.39 is 170 Å². The number of primary amides is 1. The van der Waals surface area contributed by atoms with Crippen molar-refractivity contribution in [1.29, 1.82) is 0 Å². The summed E-state index contributed by atoms with van der Waals surface area (Å²) in [6.07, 6.45) is -5.85. The lowest BCUT2D eigenvalue weighted by atomic mass is 10.0. The van der Waals surface area contributed by atoms with Crippen molar-refractivity contribution in [2.24, 2.45) is 23.1 Å². The zero-order valence-electron chi connectivity index (χ0n) is 39.3. The molecule has 29 nitrogen and oxygen atoms in total. The zero-order chi connectivity index (χ0) is 54.3. The third kappa shape index (κ3) is 22.6. The van der Waals surface area contributed by atoms with Crippen LogP contribution in [0.5, 0.6) is 5.75 Å². The fourth-order valence-corrected chi connectivity index (χ4v) is 6.32. The lowest BCUT2D eigenvalue weighted by Crippen LogP contribution is -2.62. The SMILES string of the molecule is CC(C)[C@H](NC(=O)[C@@H](N)CCCCN)C(=O)NCC(=O)N[C@@H](CC(=O)O)C(=O)N[C@H](C(=O)N[C@@H](Cc1ccc(O)cc1)C(=O)N[C@@H](CC(N)=O)C(=O)N[C@@H](CC(=O)O)C(=O)N[C@H](C(=O)O)[C@@H](C)O)[C@@H](C)O. The number of nitrogens with two attached hydrogens (primary N) is 3. The molecule has 0 spiro atoms. The predicted octanol–water partition coefficient (Wildman–Crippen LogP) is -6.77. The molecule has 20 N–H and O–H groups in total. The summed E-state index contributed by atoms with van der Waals surface area (Å²) in [5, 5.41) is 75.7. The first-order valence-electron chi connectivity index (χ1n) is 22.0. The number of nitrogens with one attached hydrogen (secondary N) is 8. The number of benzene rings is 1. The molecule has 0 saturated carbocycles. The number of rotatable bonds is 32. The van der Waals surface area contributed by atoms with Gasteiger partial charge in [0.25, 0.3) is 0 Å². The summed E-state index contributed by atoms with van der Waals surface area (Å²) in [5.41, 5.74) is 16.9. The van der Waals surface area contributed by atoms with Gasteiger partial charge < -0.3 is 90.4 Å². The van der Waals surface area contributed by atoms with Gasteiger partial charge in [-0.1, -0.05) is 32.4 Å². The molecule has 396 valence electrons. The first kappa shape index (κ1) is 61.5. The number of carbonyl (C=O) groups is 12. The summed E-state index contributed by atoms with van der Waals surface area (Å²) in [4.78, 5) is 153. The van der Waals surface area contributed by atoms with Crippen LogP contribution in [0.1, 0.15) is 71.8 Å². The third-order valence-electron chi connectivity index (χ3n) is 10.2. The molecule has 0 bridgehead atoms. The molecular weight excluding hydrogens is 947 g/mol. The van der Waals surface area contributed by atoms with Crippen molar-refractivity contribution in [3.63, 3.8) is 0 Å². The van der Waals surface area contributed by atoms with Crippen LogP contribution in [-0.2, 0) is 64.0 Å². The molecule has 0 aromatic heterocycles. The smallest absolute Gasteiger partial charge is 0.328 e. The van der Waals surface area contributed by atoms with Crippen LogP contribution >= 0.6 is 0 Å². The molecular formula is C42H65N11O18. The Bertz CT molecular complexity index is 2070. The highest BCUT2D eigenvalue weighted by atomic mass is 16.4. The van der Waals surface area contributed by atoms with E-state index in [9.17, 15) is 88.2 Å². The fraction of sp³-hybridized carbons (Fsp3) is 0.571. The van der Waals surface area contributed by atoms with Gasteiger partial charge >= 0.3 is 17.9 Å². The Kier molecular flexibility index (Phi) is 26.1. The lowest BCUT2D eigenvalue weighted by Gasteiger charge is -2.28. The van der Waals surface area contributed by atoms with Crippen LogP contribution in [0, 0.1) is 5.92 Å². The topological polar surface area (TPSA) is 501 Å². The normalized spacial score (nSPS) is 15.2. The van der Waals surface area contributed by atoms with Crippen molar-refractivity contribution in [2.45, 2.75) is 133 Å². The van der Waals surface area contributed by atoms with E-state index in [1.807, 2.05) is 10.6 Å². The highest BCUT2D eigenvalue weighted by Gasteiger charge is 2.37. The second-order valence-electron chi connectivity index (χ2n) is 16.7. The second kappa shape index (κ2) is 30.2. The van der Waals surface area contributed by atoms with Crippen LogP contribution in [0.3, 0.4) is 0 Å². The molecule has 0 unspecified atom stereocenters. The highest BCUT2D eigenvalue weighted by Crippen LogP contribution is 2.13. The second-order valence-corrected chi connectivity index (χ2v) is 16.7. The van der Waals surface area contributed by atoms with Gasteiger partial charge in [-0.25, -0.2) is 4.79 Å². The van der Waals surface area contributed by atoms with Gasteiger partial charge in [-0.2, -0.15) is 0 Å². The summed E-state index contributed by atoms with van der Waals surface area (Å²) in [6.45, 7) is 4.75. The minimum absolute atomic E-state index is 0.221. The standard InChI is InChI=1S/C42H65N11O18/c1-18(2)32(51-35(63)23(44)7-5-6-12-43)40(68)46-17-29(58)47-26(15-30(59)60)38(66)52-33(19(3)54)41(69)50-24(13-21-8-10-22(56)11-9-21)36(64)48-25(14-28(45)57)37(65)49-27(16-31(61)62)39(67)53-34(20(4)55)42(70)71/h8-11,18-20,23-27,32-34,54-56H,5-7,12-17,43-44H2,1-4H3,(H2,45,57)(H,46,68)(H,47,58)(H,48,64)(H,49,65)(H,50,69)(H,51,63)(H,52,66)(H,53,67)(H,59,60)(H,61,62)(H,70,71)/t19-,20-,23+,24+,25+,26+,27+,32+,33+,34+/m1/s1. The monoisotopic (exact) mass is 1010 g/mol. The van der Waals surface area contributed by atoms with Gasteiger partial charge in [0.2, 0.25) is 53.2 Å². The van der Waals surface area contributed by atoms with E-state index in [4.69, 9.17) is 17.2 Å². The van der Waals surface area contributed by atoms with Gasteiger partial charge in [-0.05, 0) is 56.8 Å². The largest absolute Gasteiger partial charge is 0.508 e. The molecule has 1 aromatic carbocycles. The Labute approximate surface area is 406 Å². The van der Waals surface area contributed by atoms with E-state index in [1.54, 1.807) is 13.8 Å². The Morgan fingerprint density at radius 2 is 1.00 bits per heavy atom. The first-order valence-corrected chi connectivity index (χ1v) is 22.0. The van der Waals surface area contributed by atoms with E-state index in [0.29, 0.717) is 19.4 Å². The Morgan fingerprint density at radius 1 is 0.549 bits per heavy atom. The van der Waals surface area contributed by atoms with Gasteiger partial charge in [-0.3, -0.25) is 52.7 Å². The van der Waals surface area contributed by atoms with Crippen LogP contribution < -0.4 is 59.7 Å². The Morgan fingerprint density at radius 3 is 1.46 bits per heavy atom. The molecule has 0 aliphatic heterocycles. The molecule has 0 radical (unpaired) electrons. The van der Waals surface area contributed by atoms with Gasteiger partial charge in [0.15, 0.2) is 6.04 Å². The lowest BCUT2D eigenvalue weighted by molar-refractivity contribution is -0.146. The average Bonchev–Trinajstić information content (AvgIpc) is 3.26. The Balaban J connectivity index is 3.39. The first-order chi connectivity index (χ1) is 33.1. The molecule has 0 aliphatic carbocycles. The van der Waals surface area contributed by atoms with Crippen LogP contribution in [0.4, 0.5) is 0 Å². The van der Waals surface area contributed by atoms with Crippen molar-refractivity contribution in [2.75, 3.05) is 13.1 Å². The maximum absolute atomic E-state index is 13.9. The summed E-state index contributed by atoms with van der Waals surface area (Å²) in [6, 6.07) is -9.01. The Hall–Kier alpha value is -7.50. The van der Waals surface area contributed by atoms with Crippen molar-refractivity contribution in [1.82, 2.24) is 42.5 Å². The summed E-state index contributed by atoms with van der Waals surface area (Å²) in [5.74, 6) is -16.4. The van der Waals surface area contributed by atoms with Gasteiger partial charge in [-0.15, -0.1) is 0 Å². The molecule has 9 amide bonds. The van der Waals surface area contributed by atoms with Crippen LogP contribution in [0.25, 0.3) is 0 Å². The highest BCUT2D eigenvalue weighted by molar-refractivity contribution is 6.00. The molecule has 1 aromatic rings. The van der Waals surface area contributed by atoms with Crippen molar-refractivity contribution in [3.05, 3.63) is 29.8 Å². The van der Waals surface area contributed by atoms with Crippen molar-refractivity contribution in [3.8, 4) is 5.75 Å². The van der Waals surface area contributed by atoms with Crippen LogP contribution in [0.15, 0.2) is 24.3 Å². The quantitative estimate of drug-likeness (QED) is 0.0298. The fourth-order valence-electron chi connectivity index (χ4n) is 6.32. The number of aliphatic hydroxyl groups is 2. The molecule has 0 saturated heterocycles. The summed E-state index contributed by atoms with van der Waals surface area (Å²) in [7, 11) is 0. The van der Waals surface area contributed by atoms with Crippen molar-refractivity contribution >= 4 is 71.1 Å². The molecule has 0 fully saturated rings. The average molecular weight is 1010 g/mol. The predicted molar refractivity (Wildman–Crippen MR) is 243 cm³/mol. The van der Waals surface area contributed by atoms with Crippen LogP contribution in [0.2, 0.25) is 0 Å². The number of amides is 9. The van der Waals surface area contributed by atoms with Gasteiger partial charge in [0.1, 0.15) is 42.0 Å². The molecule has 29 heteroatoms. The maximum atomic E-state index is 13.9. The van der Waals surface area contributed by atoms with E-state index in [1.165, 1.54) is 24.3 Å². The van der Waals surface area contributed by atoms with Gasteiger partial charge in [0.05, 0.1) is 44.1 Å². The number of phenols is 1. The molecule has 0 heterocycles. The number of hydrogen-bond donors (Lipinski definition) is 17. The van der Waals surface area contributed by atoms with Crippen molar-refractivity contribution < 1.29 is 88.2 Å². The number of phenolic OH excluding ortho intramolecular Hbond substituents is 1. The van der Waals surface area contributed by atoms with E-state index in [0.717, 1.165) is 13.8 Å². The number of aromatic hydroxyl groups is 1. The van der Waals surface area contributed by atoms with Crippen LogP contribution in [-0.4, -0.2) is 175 Å². The number of carboxylic acid groups (broad SMARTS) is 3. The molecule has 0 aliphatic rings. The zero-order valence-corrected chi connectivity index (χ0v) is 39.3. The molecule has 1 rings (SSSR count). The number of aliphatic carboxylic acids is 3. The minimum Gasteiger partial charge on any atom is -0.508 e. The number of unbranched alkanes of at least 4 members (excludes halogenated alkanes) is 1. The number of aliphatic hydroxyl groups excluding tert-OH is 2. The summed E-state index contributed by atoms with van der Waals surface area (Å²) < 4.78 is 0. The van der Waals surface area contributed by atoms with E-state index in [2.05, 4.69) is 31.9 Å².